The quantitative estimate of drug-likeness (QED) is 0.190. The molecule has 0 saturated heterocycles. The molecule has 1 aromatic rings. The highest BCUT2D eigenvalue weighted by molar-refractivity contribution is 5.90. The topological polar surface area (TPSA) is 89.9 Å². The predicted molar refractivity (Wildman–Crippen MR) is 187 cm³/mol. The number of hydrogen-bond donors (Lipinski definition) is 1. The second-order valence-electron chi connectivity index (χ2n) is 18.4. The standard InChI is InChI=1S/C42H57FO6/c1-10-25(2)34(44)49-33-24-37(3,4)23-28-27-15-16-31-39(7)19-18-32(48-35(45)26-13-11-12-14-29(26)43)38(5,6)30(39)17-20-41(31,9)40(27,8)21-22-42(28,33)36(46)47/h10-15,28,30-33H,16-24H2,1-9H3,(H,46,47)/b25-10-/t28-,30-,31+,32-,33+,39-,40+,41+,42-/m0/s1. The van der Waals surface area contributed by atoms with Crippen LogP contribution in [0.2, 0.25) is 0 Å². The van der Waals surface area contributed by atoms with Crippen molar-refractivity contribution < 1.29 is 33.4 Å². The van der Waals surface area contributed by atoms with Crippen LogP contribution in [0.3, 0.4) is 0 Å². The molecule has 49 heavy (non-hydrogen) atoms. The van der Waals surface area contributed by atoms with E-state index < -0.39 is 35.2 Å². The van der Waals surface area contributed by atoms with Gasteiger partial charge in [0.05, 0.1) is 5.56 Å². The number of esters is 2. The summed E-state index contributed by atoms with van der Waals surface area (Å²) in [6.07, 6.45) is 10.1. The lowest BCUT2D eigenvalue weighted by Crippen LogP contribution is -2.67. The molecule has 0 aliphatic heterocycles. The molecule has 0 unspecified atom stereocenters. The smallest absolute Gasteiger partial charge is 0.341 e. The van der Waals surface area contributed by atoms with Gasteiger partial charge in [-0.2, -0.15) is 0 Å². The maximum absolute atomic E-state index is 14.5. The molecular formula is C42H57FO6. The summed E-state index contributed by atoms with van der Waals surface area (Å²) in [6, 6.07) is 6.02. The molecule has 6 rings (SSSR count). The zero-order valence-electron chi connectivity index (χ0n) is 31.1. The van der Waals surface area contributed by atoms with Gasteiger partial charge in [0, 0.05) is 16.9 Å². The lowest BCUT2D eigenvalue weighted by atomic mass is 9.33. The second-order valence-corrected chi connectivity index (χ2v) is 18.4. The Balaban J connectivity index is 1.34. The van der Waals surface area contributed by atoms with Gasteiger partial charge in [0.25, 0.3) is 0 Å². The molecule has 0 aromatic heterocycles. The fraction of sp³-hybridized carbons (Fsp3) is 0.690. The first-order chi connectivity index (χ1) is 22.8. The van der Waals surface area contributed by atoms with Crippen LogP contribution in [0, 0.1) is 56.1 Å². The van der Waals surface area contributed by atoms with Crippen molar-refractivity contribution in [1.82, 2.24) is 0 Å². The Bertz CT molecular complexity index is 1610. The number of carbonyl (C=O) groups excluding carboxylic acids is 2. The highest BCUT2D eigenvalue weighted by Gasteiger charge is 2.71. The van der Waals surface area contributed by atoms with Gasteiger partial charge in [-0.3, -0.25) is 4.79 Å². The van der Waals surface area contributed by atoms with E-state index in [1.807, 2.05) is 0 Å². The van der Waals surface area contributed by atoms with Gasteiger partial charge >= 0.3 is 17.9 Å². The summed E-state index contributed by atoms with van der Waals surface area (Å²) in [5.41, 5.74) is -0.183. The zero-order valence-corrected chi connectivity index (χ0v) is 31.1. The number of rotatable bonds is 5. The zero-order chi connectivity index (χ0) is 35.9. The summed E-state index contributed by atoms with van der Waals surface area (Å²) in [5, 5.41) is 11.1. The summed E-state index contributed by atoms with van der Waals surface area (Å²) >= 11 is 0. The number of fused-ring (bicyclic) bond motifs is 7. The monoisotopic (exact) mass is 676 g/mol. The molecule has 0 heterocycles. The first-order valence-corrected chi connectivity index (χ1v) is 18.5. The molecule has 7 heteroatoms. The summed E-state index contributed by atoms with van der Waals surface area (Å²) < 4.78 is 26.8. The van der Waals surface area contributed by atoms with Gasteiger partial charge in [-0.05, 0) is 117 Å². The van der Waals surface area contributed by atoms with Gasteiger partial charge in [0.1, 0.15) is 23.4 Å². The summed E-state index contributed by atoms with van der Waals surface area (Å²) in [6.45, 7) is 19.7. The first-order valence-electron chi connectivity index (χ1n) is 18.5. The van der Waals surface area contributed by atoms with Crippen molar-refractivity contribution in [1.29, 1.82) is 0 Å². The molecular weight excluding hydrogens is 619 g/mol. The van der Waals surface area contributed by atoms with E-state index in [9.17, 15) is 23.9 Å². The second kappa shape index (κ2) is 11.8. The van der Waals surface area contributed by atoms with E-state index in [1.54, 1.807) is 32.1 Å². The Labute approximate surface area is 292 Å². The summed E-state index contributed by atoms with van der Waals surface area (Å²) in [7, 11) is 0. The van der Waals surface area contributed by atoms with E-state index in [0.717, 1.165) is 44.9 Å². The summed E-state index contributed by atoms with van der Waals surface area (Å²) in [4.78, 5) is 39.8. The van der Waals surface area contributed by atoms with Crippen molar-refractivity contribution in [3.8, 4) is 0 Å². The molecule has 0 bridgehead atoms. The average molecular weight is 677 g/mol. The maximum Gasteiger partial charge on any atom is 0.341 e. The Hall–Kier alpha value is -2.96. The molecule has 4 saturated carbocycles. The molecule has 1 aromatic carbocycles. The van der Waals surface area contributed by atoms with Crippen molar-refractivity contribution in [3.05, 3.63) is 58.9 Å². The fourth-order valence-electron chi connectivity index (χ4n) is 12.3. The van der Waals surface area contributed by atoms with Crippen LogP contribution in [-0.4, -0.2) is 35.2 Å². The van der Waals surface area contributed by atoms with Crippen LogP contribution in [0.5, 0.6) is 0 Å². The van der Waals surface area contributed by atoms with Crippen molar-refractivity contribution in [2.45, 2.75) is 132 Å². The number of benzene rings is 1. The minimum Gasteiger partial charge on any atom is -0.481 e. The molecule has 1 N–H and O–H groups in total. The Morgan fingerprint density at radius 3 is 2.22 bits per heavy atom. The minimum atomic E-state index is -1.16. The molecule has 5 aliphatic rings. The third-order valence-corrected chi connectivity index (χ3v) is 15.3. The fourth-order valence-corrected chi connectivity index (χ4v) is 12.3. The van der Waals surface area contributed by atoms with Crippen LogP contribution < -0.4 is 0 Å². The Morgan fingerprint density at radius 2 is 1.57 bits per heavy atom. The molecule has 0 amide bonds. The molecule has 0 spiro atoms. The van der Waals surface area contributed by atoms with E-state index in [2.05, 4.69) is 54.5 Å². The largest absolute Gasteiger partial charge is 0.481 e. The van der Waals surface area contributed by atoms with Crippen molar-refractivity contribution >= 4 is 17.9 Å². The SMILES string of the molecule is C/C=C(/C)C(=O)O[C@@H]1CC(C)(C)C[C@H]2C3=CC[C@@H]4[C@@]5(C)CC[C@H](OC(=O)c6ccccc6F)C(C)(C)[C@@H]5CC[C@@]4(C)[C@]3(C)CC[C@@]12C(=O)O. The van der Waals surface area contributed by atoms with Crippen LogP contribution in [-0.2, 0) is 19.1 Å². The number of halogens is 1. The maximum atomic E-state index is 14.5. The van der Waals surface area contributed by atoms with Crippen molar-refractivity contribution in [3.63, 3.8) is 0 Å². The van der Waals surface area contributed by atoms with Crippen LogP contribution in [0.15, 0.2) is 47.6 Å². The Morgan fingerprint density at radius 1 is 0.878 bits per heavy atom. The molecule has 6 nitrogen and oxygen atoms in total. The average Bonchev–Trinajstić information content (AvgIpc) is 3.01. The number of ether oxygens (including phenoxy) is 2. The molecule has 0 radical (unpaired) electrons. The first kappa shape index (κ1) is 35.9. The van der Waals surface area contributed by atoms with Gasteiger partial charge in [-0.15, -0.1) is 0 Å². The van der Waals surface area contributed by atoms with E-state index in [0.29, 0.717) is 30.3 Å². The normalized spacial score (nSPS) is 40.7. The summed E-state index contributed by atoms with van der Waals surface area (Å²) in [5.74, 6) is -1.97. The number of hydrogen-bond acceptors (Lipinski definition) is 5. The van der Waals surface area contributed by atoms with Crippen LogP contribution in [0.4, 0.5) is 4.39 Å². The Kier molecular flexibility index (Phi) is 8.63. The number of aliphatic carboxylic acids is 1. The van der Waals surface area contributed by atoms with Crippen molar-refractivity contribution in [2.24, 2.45) is 50.2 Å². The molecule has 5 aliphatic carbocycles. The van der Waals surface area contributed by atoms with Crippen LogP contribution >= 0.6 is 0 Å². The minimum absolute atomic E-state index is 0.0162. The molecule has 268 valence electrons. The number of carboxylic acids is 1. The molecule has 4 fully saturated rings. The third kappa shape index (κ3) is 5.17. The van der Waals surface area contributed by atoms with Crippen molar-refractivity contribution in [2.75, 3.05) is 0 Å². The molecule has 9 atom stereocenters. The van der Waals surface area contributed by atoms with Gasteiger partial charge in [0.15, 0.2) is 0 Å². The van der Waals surface area contributed by atoms with Gasteiger partial charge in [-0.1, -0.05) is 78.3 Å². The van der Waals surface area contributed by atoms with Gasteiger partial charge < -0.3 is 14.6 Å². The van der Waals surface area contributed by atoms with Gasteiger partial charge in [0.2, 0.25) is 0 Å². The number of carboxylic acid groups (broad SMARTS) is 1. The predicted octanol–water partition coefficient (Wildman–Crippen LogP) is 9.73. The third-order valence-electron chi connectivity index (χ3n) is 15.3. The van der Waals surface area contributed by atoms with Crippen LogP contribution in [0.25, 0.3) is 0 Å². The lowest BCUT2D eigenvalue weighted by Gasteiger charge is -2.71. The number of allylic oxidation sites excluding steroid dienone is 3. The highest BCUT2D eigenvalue weighted by atomic mass is 19.1. The van der Waals surface area contributed by atoms with E-state index in [1.165, 1.54) is 17.7 Å². The van der Waals surface area contributed by atoms with Gasteiger partial charge in [-0.25, -0.2) is 14.0 Å². The van der Waals surface area contributed by atoms with Crippen LogP contribution in [0.1, 0.15) is 130 Å². The van der Waals surface area contributed by atoms with E-state index in [-0.39, 0.29) is 44.7 Å². The number of carbonyl (C=O) groups is 3. The lowest BCUT2D eigenvalue weighted by molar-refractivity contribution is -0.215. The highest BCUT2D eigenvalue weighted by Crippen LogP contribution is 2.76. The van der Waals surface area contributed by atoms with E-state index >= 15 is 0 Å². The van der Waals surface area contributed by atoms with E-state index in [4.69, 9.17) is 9.47 Å².